The molecule has 2 rings (SSSR count). The highest BCUT2D eigenvalue weighted by molar-refractivity contribution is 5.76. The highest BCUT2D eigenvalue weighted by Crippen LogP contribution is 2.41. The van der Waals surface area contributed by atoms with Crippen LogP contribution in [0.5, 0.6) is 0 Å². The molecule has 1 aliphatic rings. The molecule has 3 N–H and O–H groups in total. The molecule has 1 aliphatic carbocycles. The molecule has 1 aromatic rings. The average molecular weight is 265 g/mol. The Morgan fingerprint density at radius 3 is 2.74 bits per heavy atom. The first kappa shape index (κ1) is 13.6. The summed E-state index contributed by atoms with van der Waals surface area (Å²) in [6.45, 7) is 4.19. The number of aromatic nitrogens is 2. The van der Waals surface area contributed by atoms with Crippen molar-refractivity contribution in [3.8, 4) is 0 Å². The number of hydrogen-bond acceptors (Lipinski definition) is 4. The molecule has 6 heteroatoms. The maximum atomic E-state index is 11.5. The largest absolute Gasteiger partial charge is 0.481 e. The van der Waals surface area contributed by atoms with Crippen LogP contribution < -0.4 is 10.9 Å². The minimum atomic E-state index is -0.778. The number of nitrogens with zero attached hydrogens (tertiary/aromatic N) is 1. The number of aliphatic carboxylic acids is 1. The van der Waals surface area contributed by atoms with E-state index in [9.17, 15) is 14.7 Å². The van der Waals surface area contributed by atoms with Crippen LogP contribution in [0.25, 0.3) is 0 Å². The van der Waals surface area contributed by atoms with Gasteiger partial charge >= 0.3 is 5.97 Å². The normalized spacial score (nSPS) is 17.0. The van der Waals surface area contributed by atoms with Gasteiger partial charge in [-0.1, -0.05) is 20.3 Å². The van der Waals surface area contributed by atoms with Crippen molar-refractivity contribution in [1.82, 2.24) is 9.97 Å². The summed E-state index contributed by atoms with van der Waals surface area (Å²) >= 11 is 0. The Kier molecular flexibility index (Phi) is 3.59. The van der Waals surface area contributed by atoms with E-state index >= 15 is 0 Å². The third-order valence-electron chi connectivity index (χ3n) is 3.68. The summed E-state index contributed by atoms with van der Waals surface area (Å²) in [5, 5.41) is 12.2. The van der Waals surface area contributed by atoms with Crippen molar-refractivity contribution >= 4 is 11.8 Å². The standard InChI is InChI=1S/C13H19N3O3/c1-8(2)11-15-9(6-10(17)16-11)14-7-13(12(18)19)4-3-5-13/h6,8H,3-5,7H2,1-2H3,(H,18,19)(H2,14,15,16,17). The van der Waals surface area contributed by atoms with Crippen molar-refractivity contribution in [2.75, 3.05) is 11.9 Å². The molecule has 0 aliphatic heterocycles. The molecule has 0 aromatic carbocycles. The van der Waals surface area contributed by atoms with E-state index in [0.29, 0.717) is 31.0 Å². The SMILES string of the molecule is CC(C)c1nc(NCC2(C(=O)O)CCC2)cc(=O)[nH]1. The Hall–Kier alpha value is -1.85. The summed E-state index contributed by atoms with van der Waals surface area (Å²) < 4.78 is 0. The van der Waals surface area contributed by atoms with Crippen molar-refractivity contribution in [3.05, 3.63) is 22.2 Å². The van der Waals surface area contributed by atoms with Crippen LogP contribution in [-0.2, 0) is 4.79 Å². The number of carboxylic acids is 1. The highest BCUT2D eigenvalue weighted by Gasteiger charge is 2.44. The van der Waals surface area contributed by atoms with E-state index in [-0.39, 0.29) is 11.5 Å². The van der Waals surface area contributed by atoms with Gasteiger partial charge in [0.05, 0.1) is 5.41 Å². The maximum Gasteiger partial charge on any atom is 0.311 e. The molecule has 0 radical (unpaired) electrons. The smallest absolute Gasteiger partial charge is 0.311 e. The number of hydrogen-bond donors (Lipinski definition) is 3. The number of rotatable bonds is 5. The molecule has 1 saturated carbocycles. The van der Waals surface area contributed by atoms with E-state index in [2.05, 4.69) is 15.3 Å². The molecule has 0 amide bonds. The molecular formula is C13H19N3O3. The zero-order valence-corrected chi connectivity index (χ0v) is 11.2. The van der Waals surface area contributed by atoms with Gasteiger partial charge in [0.15, 0.2) is 0 Å². The average Bonchev–Trinajstić information content (AvgIpc) is 2.26. The summed E-state index contributed by atoms with van der Waals surface area (Å²) in [5.41, 5.74) is -0.915. The maximum absolute atomic E-state index is 11.5. The van der Waals surface area contributed by atoms with Gasteiger partial charge in [0.25, 0.3) is 5.56 Å². The van der Waals surface area contributed by atoms with Crippen LogP contribution in [0.15, 0.2) is 10.9 Å². The van der Waals surface area contributed by atoms with Crippen molar-refractivity contribution in [1.29, 1.82) is 0 Å². The number of aromatic amines is 1. The molecule has 0 unspecified atom stereocenters. The number of nitrogens with one attached hydrogen (secondary N) is 2. The predicted octanol–water partition coefficient (Wildman–Crippen LogP) is 1.56. The number of anilines is 1. The number of carboxylic acid groups (broad SMARTS) is 1. The first-order chi connectivity index (χ1) is 8.93. The third-order valence-corrected chi connectivity index (χ3v) is 3.68. The van der Waals surface area contributed by atoms with Crippen LogP contribution in [0.1, 0.15) is 44.9 Å². The van der Waals surface area contributed by atoms with E-state index in [1.807, 2.05) is 13.8 Å². The predicted molar refractivity (Wildman–Crippen MR) is 71.4 cm³/mol. The van der Waals surface area contributed by atoms with Crippen LogP contribution in [0.4, 0.5) is 5.82 Å². The Balaban J connectivity index is 2.11. The minimum absolute atomic E-state index is 0.117. The fourth-order valence-electron chi connectivity index (χ4n) is 2.17. The van der Waals surface area contributed by atoms with Crippen LogP contribution >= 0.6 is 0 Å². The Morgan fingerprint density at radius 2 is 2.26 bits per heavy atom. The van der Waals surface area contributed by atoms with E-state index < -0.39 is 11.4 Å². The van der Waals surface area contributed by atoms with E-state index in [4.69, 9.17) is 0 Å². The second-order valence-electron chi connectivity index (χ2n) is 5.46. The lowest BCUT2D eigenvalue weighted by Crippen LogP contribution is -2.43. The third kappa shape index (κ3) is 2.77. The van der Waals surface area contributed by atoms with E-state index in [1.54, 1.807) is 0 Å². The van der Waals surface area contributed by atoms with Gasteiger partial charge in [-0.3, -0.25) is 9.59 Å². The highest BCUT2D eigenvalue weighted by atomic mass is 16.4. The molecule has 0 atom stereocenters. The molecule has 0 bridgehead atoms. The van der Waals surface area contributed by atoms with Crippen LogP contribution in [-0.4, -0.2) is 27.6 Å². The molecular weight excluding hydrogens is 246 g/mol. The number of carbonyl (C=O) groups is 1. The molecule has 1 fully saturated rings. The molecule has 0 saturated heterocycles. The van der Waals surface area contributed by atoms with Gasteiger partial charge in [-0.2, -0.15) is 0 Å². The summed E-state index contributed by atoms with van der Waals surface area (Å²) in [4.78, 5) is 29.7. The zero-order valence-electron chi connectivity index (χ0n) is 11.2. The van der Waals surface area contributed by atoms with Gasteiger partial charge in [-0.15, -0.1) is 0 Å². The van der Waals surface area contributed by atoms with Gasteiger partial charge in [-0.25, -0.2) is 4.98 Å². The first-order valence-corrected chi connectivity index (χ1v) is 6.51. The lowest BCUT2D eigenvalue weighted by molar-refractivity contribution is -0.153. The van der Waals surface area contributed by atoms with Crippen molar-refractivity contribution in [2.45, 2.75) is 39.0 Å². The Labute approximate surface area is 111 Å². The van der Waals surface area contributed by atoms with Crippen molar-refractivity contribution in [3.63, 3.8) is 0 Å². The Bertz CT molecular complexity index is 532. The van der Waals surface area contributed by atoms with Gasteiger partial charge in [0, 0.05) is 18.5 Å². The molecule has 0 spiro atoms. The summed E-state index contributed by atoms with van der Waals surface area (Å²) in [5.74, 6) is 0.389. The molecule has 19 heavy (non-hydrogen) atoms. The molecule has 1 heterocycles. The van der Waals surface area contributed by atoms with Crippen LogP contribution in [0, 0.1) is 5.41 Å². The summed E-state index contributed by atoms with van der Waals surface area (Å²) in [6, 6.07) is 1.36. The lowest BCUT2D eigenvalue weighted by atomic mass is 9.69. The zero-order chi connectivity index (χ0) is 14.0. The fraction of sp³-hybridized carbons (Fsp3) is 0.615. The van der Waals surface area contributed by atoms with Gasteiger partial charge in [0.2, 0.25) is 0 Å². The Morgan fingerprint density at radius 1 is 1.58 bits per heavy atom. The molecule has 1 aromatic heterocycles. The molecule has 6 nitrogen and oxygen atoms in total. The van der Waals surface area contributed by atoms with Crippen LogP contribution in [0.3, 0.4) is 0 Å². The first-order valence-electron chi connectivity index (χ1n) is 6.51. The van der Waals surface area contributed by atoms with Gasteiger partial charge < -0.3 is 15.4 Å². The van der Waals surface area contributed by atoms with Crippen LogP contribution in [0.2, 0.25) is 0 Å². The fourth-order valence-corrected chi connectivity index (χ4v) is 2.17. The number of H-pyrrole nitrogens is 1. The topological polar surface area (TPSA) is 95.1 Å². The van der Waals surface area contributed by atoms with Crippen molar-refractivity contribution in [2.24, 2.45) is 5.41 Å². The second kappa shape index (κ2) is 5.03. The monoisotopic (exact) mass is 265 g/mol. The summed E-state index contributed by atoms with van der Waals surface area (Å²) in [7, 11) is 0. The second-order valence-corrected chi connectivity index (χ2v) is 5.46. The lowest BCUT2D eigenvalue weighted by Gasteiger charge is -2.37. The van der Waals surface area contributed by atoms with Gasteiger partial charge in [-0.05, 0) is 12.8 Å². The van der Waals surface area contributed by atoms with Gasteiger partial charge in [0.1, 0.15) is 11.6 Å². The summed E-state index contributed by atoms with van der Waals surface area (Å²) in [6.07, 6.45) is 2.29. The van der Waals surface area contributed by atoms with E-state index in [1.165, 1.54) is 6.07 Å². The quantitative estimate of drug-likeness (QED) is 0.751. The molecule has 104 valence electrons. The van der Waals surface area contributed by atoms with Crippen molar-refractivity contribution < 1.29 is 9.90 Å². The minimum Gasteiger partial charge on any atom is -0.481 e. The van der Waals surface area contributed by atoms with E-state index in [0.717, 1.165) is 6.42 Å².